The van der Waals surface area contributed by atoms with Gasteiger partial charge in [0, 0.05) is 25.1 Å². The first-order valence-electron chi connectivity index (χ1n) is 7.76. The van der Waals surface area contributed by atoms with Crippen molar-refractivity contribution in [2.75, 3.05) is 18.8 Å². The number of nitrogens with one attached hydrogen (secondary N) is 1. The number of nitrogens with two attached hydrogens (primary N) is 1. The molecule has 7 nitrogen and oxygen atoms in total. The number of carbonyl (C=O) groups excluding carboxylic acids is 3. The SMILES string of the molecule is Nc1nc2ccc(C(=O)N3CCC4(CCC(=O)NC4=O)C3)cc2s1. The minimum absolute atomic E-state index is 0.106. The molecule has 0 aliphatic carbocycles. The summed E-state index contributed by atoms with van der Waals surface area (Å²) < 4.78 is 0.869. The standard InChI is InChI=1S/C16H16N4O3S/c17-15-18-10-2-1-9(7-11(10)24-15)13(22)20-6-5-16(8-20)4-3-12(21)19-14(16)23/h1-2,7H,3-6,8H2,(H2,17,18)(H,19,21,23). The molecule has 3 heterocycles. The molecule has 1 spiro atoms. The molecule has 0 radical (unpaired) electrons. The molecule has 1 unspecified atom stereocenters. The number of hydrogen-bond donors (Lipinski definition) is 2. The summed E-state index contributed by atoms with van der Waals surface area (Å²) in [5.41, 5.74) is 6.42. The van der Waals surface area contributed by atoms with Gasteiger partial charge in [0.2, 0.25) is 11.8 Å². The van der Waals surface area contributed by atoms with Gasteiger partial charge in [-0.25, -0.2) is 4.98 Å². The average molecular weight is 344 g/mol. The molecule has 0 saturated carbocycles. The molecule has 4 rings (SSSR count). The van der Waals surface area contributed by atoms with Crippen molar-refractivity contribution >= 4 is 44.4 Å². The Bertz CT molecular complexity index is 877. The summed E-state index contributed by atoms with van der Waals surface area (Å²) >= 11 is 1.34. The van der Waals surface area contributed by atoms with Crippen molar-refractivity contribution in [3.8, 4) is 0 Å². The molecule has 1 aromatic heterocycles. The lowest BCUT2D eigenvalue weighted by Gasteiger charge is -2.31. The first-order chi connectivity index (χ1) is 11.5. The number of likely N-dealkylation sites (tertiary alicyclic amines) is 1. The Morgan fingerprint density at radius 3 is 2.96 bits per heavy atom. The second-order valence-corrected chi connectivity index (χ2v) is 7.43. The summed E-state index contributed by atoms with van der Waals surface area (Å²) in [7, 11) is 0. The predicted molar refractivity (Wildman–Crippen MR) is 89.4 cm³/mol. The Balaban J connectivity index is 1.56. The van der Waals surface area contributed by atoms with Gasteiger partial charge < -0.3 is 10.6 Å². The molecule has 24 heavy (non-hydrogen) atoms. The number of nitrogens with zero attached hydrogens (tertiary/aromatic N) is 2. The van der Waals surface area contributed by atoms with Gasteiger partial charge in [0.1, 0.15) is 0 Å². The number of carbonyl (C=O) groups is 3. The van der Waals surface area contributed by atoms with Gasteiger partial charge >= 0.3 is 0 Å². The lowest BCUT2D eigenvalue weighted by Crippen LogP contribution is -2.50. The van der Waals surface area contributed by atoms with E-state index in [1.165, 1.54) is 11.3 Å². The van der Waals surface area contributed by atoms with E-state index in [2.05, 4.69) is 10.3 Å². The van der Waals surface area contributed by atoms with Gasteiger partial charge in [-0.2, -0.15) is 0 Å². The van der Waals surface area contributed by atoms with Crippen LogP contribution in [0.5, 0.6) is 0 Å². The number of rotatable bonds is 1. The van der Waals surface area contributed by atoms with Crippen LogP contribution in [0.4, 0.5) is 5.13 Å². The molecule has 2 fully saturated rings. The highest BCUT2D eigenvalue weighted by molar-refractivity contribution is 7.22. The average Bonchev–Trinajstić information content (AvgIpc) is 3.13. The van der Waals surface area contributed by atoms with Crippen molar-refractivity contribution in [3.63, 3.8) is 0 Å². The zero-order chi connectivity index (χ0) is 16.9. The largest absolute Gasteiger partial charge is 0.375 e. The number of hydrogen-bond acceptors (Lipinski definition) is 6. The van der Waals surface area contributed by atoms with Crippen molar-refractivity contribution in [3.05, 3.63) is 23.8 Å². The van der Waals surface area contributed by atoms with Crippen molar-refractivity contribution < 1.29 is 14.4 Å². The highest BCUT2D eigenvalue weighted by Crippen LogP contribution is 2.38. The van der Waals surface area contributed by atoms with Crippen LogP contribution in [0.1, 0.15) is 29.6 Å². The maximum absolute atomic E-state index is 12.8. The monoisotopic (exact) mass is 344 g/mol. The van der Waals surface area contributed by atoms with Crippen LogP contribution in [0.15, 0.2) is 18.2 Å². The van der Waals surface area contributed by atoms with Crippen LogP contribution >= 0.6 is 11.3 Å². The number of imide groups is 1. The molecule has 2 aliphatic heterocycles. The molecular formula is C16H16N4O3S. The molecule has 124 valence electrons. The van der Waals surface area contributed by atoms with Crippen molar-refractivity contribution in [2.24, 2.45) is 5.41 Å². The second kappa shape index (κ2) is 5.27. The summed E-state index contributed by atoms with van der Waals surface area (Å²) in [6.45, 7) is 0.872. The Morgan fingerprint density at radius 1 is 1.33 bits per heavy atom. The molecular weight excluding hydrogens is 328 g/mol. The second-order valence-electron chi connectivity index (χ2n) is 6.37. The zero-order valence-electron chi connectivity index (χ0n) is 12.9. The Hall–Kier alpha value is -2.48. The van der Waals surface area contributed by atoms with E-state index in [1.807, 2.05) is 0 Å². The fourth-order valence-electron chi connectivity index (χ4n) is 3.48. The highest BCUT2D eigenvalue weighted by Gasteiger charge is 2.48. The van der Waals surface area contributed by atoms with Gasteiger partial charge in [0.15, 0.2) is 5.13 Å². The molecule has 0 bridgehead atoms. The molecule has 8 heteroatoms. The number of thiazole rings is 1. The van der Waals surface area contributed by atoms with Crippen molar-refractivity contribution in [2.45, 2.75) is 19.3 Å². The number of anilines is 1. The maximum Gasteiger partial charge on any atom is 0.253 e. The van der Waals surface area contributed by atoms with Crippen LogP contribution in [0.2, 0.25) is 0 Å². The third-order valence-electron chi connectivity index (χ3n) is 4.86. The first-order valence-corrected chi connectivity index (χ1v) is 8.58. The van der Waals surface area contributed by atoms with Gasteiger partial charge in [0.05, 0.1) is 15.6 Å². The number of fused-ring (bicyclic) bond motifs is 1. The lowest BCUT2D eigenvalue weighted by atomic mass is 9.79. The van der Waals surface area contributed by atoms with Crippen LogP contribution in [0.3, 0.4) is 0 Å². The normalized spacial score (nSPS) is 23.9. The third-order valence-corrected chi connectivity index (χ3v) is 5.71. The summed E-state index contributed by atoms with van der Waals surface area (Å²) in [6, 6.07) is 5.31. The van der Waals surface area contributed by atoms with Crippen molar-refractivity contribution in [1.82, 2.24) is 15.2 Å². The molecule has 1 aromatic carbocycles. The molecule has 2 aliphatic rings. The molecule has 3 N–H and O–H groups in total. The fraction of sp³-hybridized carbons (Fsp3) is 0.375. The third kappa shape index (κ3) is 2.34. The van der Waals surface area contributed by atoms with Gasteiger partial charge in [-0.3, -0.25) is 19.7 Å². The minimum atomic E-state index is -0.622. The van der Waals surface area contributed by atoms with E-state index in [0.717, 1.165) is 10.2 Å². The predicted octanol–water partition coefficient (Wildman–Crippen LogP) is 1.15. The summed E-state index contributed by atoms with van der Waals surface area (Å²) in [5, 5.41) is 2.87. The zero-order valence-corrected chi connectivity index (χ0v) is 13.7. The van der Waals surface area contributed by atoms with E-state index in [4.69, 9.17) is 5.73 Å². The van der Waals surface area contributed by atoms with E-state index in [1.54, 1.807) is 23.1 Å². The first kappa shape index (κ1) is 15.1. The van der Waals surface area contributed by atoms with Gasteiger partial charge in [-0.15, -0.1) is 0 Å². The van der Waals surface area contributed by atoms with Gasteiger partial charge in [-0.1, -0.05) is 11.3 Å². The number of aromatic nitrogens is 1. The van der Waals surface area contributed by atoms with Crippen LogP contribution in [-0.2, 0) is 9.59 Å². The van der Waals surface area contributed by atoms with E-state index < -0.39 is 5.41 Å². The Kier molecular flexibility index (Phi) is 3.31. The Labute approximate surface area is 141 Å². The van der Waals surface area contributed by atoms with Crippen LogP contribution in [0.25, 0.3) is 10.2 Å². The maximum atomic E-state index is 12.8. The highest BCUT2D eigenvalue weighted by atomic mass is 32.1. The molecule has 1 atom stereocenters. The number of nitrogen functional groups attached to an aromatic ring is 1. The summed E-state index contributed by atoms with van der Waals surface area (Å²) in [5.74, 6) is -0.589. The van der Waals surface area contributed by atoms with E-state index >= 15 is 0 Å². The molecule has 3 amide bonds. The smallest absolute Gasteiger partial charge is 0.253 e. The molecule has 2 saturated heterocycles. The summed E-state index contributed by atoms with van der Waals surface area (Å²) in [6.07, 6.45) is 1.43. The lowest BCUT2D eigenvalue weighted by molar-refractivity contribution is -0.141. The van der Waals surface area contributed by atoms with Crippen LogP contribution in [0, 0.1) is 5.41 Å². The van der Waals surface area contributed by atoms with Crippen LogP contribution < -0.4 is 11.1 Å². The quantitative estimate of drug-likeness (QED) is 0.755. The van der Waals surface area contributed by atoms with Crippen LogP contribution in [-0.4, -0.2) is 40.7 Å². The molecule has 2 aromatic rings. The van der Waals surface area contributed by atoms with Gasteiger partial charge in [-0.05, 0) is 31.0 Å². The number of amides is 3. The van der Waals surface area contributed by atoms with Gasteiger partial charge in [0.25, 0.3) is 5.91 Å². The van der Waals surface area contributed by atoms with Crippen molar-refractivity contribution in [1.29, 1.82) is 0 Å². The minimum Gasteiger partial charge on any atom is -0.375 e. The number of benzene rings is 1. The van der Waals surface area contributed by atoms with E-state index in [9.17, 15) is 14.4 Å². The fourth-order valence-corrected chi connectivity index (χ4v) is 4.25. The van der Waals surface area contributed by atoms with E-state index in [-0.39, 0.29) is 17.7 Å². The Morgan fingerprint density at radius 2 is 2.17 bits per heavy atom. The van der Waals surface area contributed by atoms with E-state index in [0.29, 0.717) is 43.0 Å². The topological polar surface area (TPSA) is 105 Å². The summed E-state index contributed by atoms with van der Waals surface area (Å²) in [4.78, 5) is 42.2. The number of piperidine rings is 1.